The molecule has 0 atom stereocenters. The molecule has 7 heteroatoms. The van der Waals surface area contributed by atoms with Crippen LogP contribution in [-0.2, 0) is 14.8 Å². The van der Waals surface area contributed by atoms with Gasteiger partial charge in [-0.05, 0) is 25.8 Å². The van der Waals surface area contributed by atoms with Crippen LogP contribution in [0.2, 0.25) is 0 Å². The van der Waals surface area contributed by atoms with Gasteiger partial charge in [-0.2, -0.15) is 4.31 Å². The number of hydrogen-bond acceptors (Lipinski definition) is 5. The number of ether oxygens (including phenoxy) is 1. The topological polar surface area (TPSA) is 63.7 Å². The third-order valence-electron chi connectivity index (χ3n) is 3.67. The Hall–Kier alpha value is -1.44. The number of esters is 1. The first-order valence-electron chi connectivity index (χ1n) is 7.24. The Morgan fingerprint density at radius 2 is 1.95 bits per heavy atom. The molecule has 1 aliphatic rings. The molecule has 1 aliphatic heterocycles. The lowest BCUT2D eigenvalue weighted by atomic mass is 10.2. The molecule has 0 bridgehead atoms. The molecular formula is C15H17NO4S2. The van der Waals surface area contributed by atoms with Crippen molar-refractivity contribution in [1.82, 2.24) is 4.31 Å². The first kappa shape index (κ1) is 15.5. The zero-order valence-corrected chi connectivity index (χ0v) is 13.9. The monoisotopic (exact) mass is 339 g/mol. The van der Waals surface area contributed by atoms with E-state index in [9.17, 15) is 13.2 Å². The number of sulfonamides is 1. The number of fused-ring (bicyclic) bond motifs is 1. The smallest absolute Gasteiger partial charge is 0.349 e. The summed E-state index contributed by atoms with van der Waals surface area (Å²) >= 11 is 1.18. The molecule has 1 aromatic carbocycles. The molecule has 0 spiro atoms. The van der Waals surface area contributed by atoms with Gasteiger partial charge in [0.25, 0.3) is 0 Å². The van der Waals surface area contributed by atoms with Gasteiger partial charge >= 0.3 is 5.97 Å². The van der Waals surface area contributed by atoms with Crippen molar-refractivity contribution in [3.63, 3.8) is 0 Å². The number of hydrogen-bond donors (Lipinski definition) is 0. The molecule has 1 saturated heterocycles. The van der Waals surface area contributed by atoms with E-state index in [1.54, 1.807) is 19.1 Å². The third kappa shape index (κ3) is 2.53. The highest BCUT2D eigenvalue weighted by Gasteiger charge is 2.34. The van der Waals surface area contributed by atoms with E-state index in [1.807, 2.05) is 12.1 Å². The number of carbonyl (C=O) groups is 1. The largest absolute Gasteiger partial charge is 0.462 e. The summed E-state index contributed by atoms with van der Waals surface area (Å²) < 4.78 is 33.2. The van der Waals surface area contributed by atoms with Gasteiger partial charge < -0.3 is 4.74 Å². The second kappa shape index (κ2) is 5.98. The maximum Gasteiger partial charge on any atom is 0.349 e. The summed E-state index contributed by atoms with van der Waals surface area (Å²) in [6.07, 6.45) is 1.71. The Morgan fingerprint density at radius 3 is 2.64 bits per heavy atom. The summed E-state index contributed by atoms with van der Waals surface area (Å²) in [5.74, 6) is -0.568. The Labute approximate surface area is 133 Å². The minimum absolute atomic E-state index is 0.105. The van der Waals surface area contributed by atoms with Crippen LogP contribution in [0, 0.1) is 0 Å². The molecule has 1 aromatic heterocycles. The van der Waals surface area contributed by atoms with Crippen LogP contribution >= 0.6 is 11.3 Å². The Bertz CT molecular complexity index is 804. The van der Waals surface area contributed by atoms with Crippen molar-refractivity contribution in [2.75, 3.05) is 19.7 Å². The van der Waals surface area contributed by atoms with Crippen LogP contribution in [-0.4, -0.2) is 38.4 Å². The zero-order chi connectivity index (χ0) is 15.7. The average Bonchev–Trinajstić information content (AvgIpc) is 3.15. The number of benzene rings is 1. The summed E-state index contributed by atoms with van der Waals surface area (Å²) in [6.45, 7) is 2.94. The van der Waals surface area contributed by atoms with E-state index in [0.29, 0.717) is 18.5 Å². The van der Waals surface area contributed by atoms with E-state index in [-0.39, 0.29) is 16.4 Å². The zero-order valence-electron chi connectivity index (χ0n) is 12.2. The van der Waals surface area contributed by atoms with Gasteiger partial charge in [0.1, 0.15) is 9.77 Å². The van der Waals surface area contributed by atoms with Crippen molar-refractivity contribution < 1.29 is 17.9 Å². The van der Waals surface area contributed by atoms with Crippen LogP contribution < -0.4 is 0 Å². The van der Waals surface area contributed by atoms with Crippen LogP contribution in [0.4, 0.5) is 0 Å². The predicted molar refractivity (Wildman–Crippen MR) is 85.8 cm³/mol. The molecule has 0 radical (unpaired) electrons. The molecule has 0 saturated carbocycles. The van der Waals surface area contributed by atoms with Crippen LogP contribution in [0.1, 0.15) is 29.4 Å². The highest BCUT2D eigenvalue weighted by Crippen LogP contribution is 2.37. The van der Waals surface area contributed by atoms with Crippen molar-refractivity contribution in [2.45, 2.75) is 24.7 Å². The Balaban J connectivity index is 2.21. The van der Waals surface area contributed by atoms with Crippen molar-refractivity contribution in [3.05, 3.63) is 29.1 Å². The van der Waals surface area contributed by atoms with Crippen LogP contribution in [0.15, 0.2) is 29.2 Å². The minimum atomic E-state index is -3.67. The van der Waals surface area contributed by atoms with E-state index in [1.165, 1.54) is 15.6 Å². The number of nitrogens with zero attached hydrogens (tertiary/aromatic N) is 1. The fourth-order valence-electron chi connectivity index (χ4n) is 2.67. The van der Waals surface area contributed by atoms with E-state index in [2.05, 4.69) is 0 Å². The third-order valence-corrected chi connectivity index (χ3v) is 6.94. The van der Waals surface area contributed by atoms with Gasteiger partial charge in [-0.25, -0.2) is 13.2 Å². The number of thiophene rings is 1. The molecular weight excluding hydrogens is 322 g/mol. The molecule has 0 aliphatic carbocycles. The SMILES string of the molecule is CCOC(=O)c1sc2ccccc2c1S(=O)(=O)N1CCCC1. The molecule has 0 N–H and O–H groups in total. The average molecular weight is 339 g/mol. The summed E-state index contributed by atoms with van der Waals surface area (Å²) in [6, 6.07) is 7.19. The highest BCUT2D eigenvalue weighted by atomic mass is 32.2. The van der Waals surface area contributed by atoms with Crippen LogP contribution in [0.25, 0.3) is 10.1 Å². The lowest BCUT2D eigenvalue weighted by Crippen LogP contribution is -2.29. The minimum Gasteiger partial charge on any atom is -0.462 e. The molecule has 118 valence electrons. The van der Waals surface area contributed by atoms with Crippen LogP contribution in [0.5, 0.6) is 0 Å². The van der Waals surface area contributed by atoms with Gasteiger partial charge in [-0.1, -0.05) is 18.2 Å². The second-order valence-electron chi connectivity index (χ2n) is 5.09. The maximum atomic E-state index is 13.0. The summed E-state index contributed by atoms with van der Waals surface area (Å²) in [5, 5.41) is 0.599. The normalized spacial score (nSPS) is 16.2. The van der Waals surface area contributed by atoms with Crippen molar-refractivity contribution in [2.24, 2.45) is 0 Å². The first-order valence-corrected chi connectivity index (χ1v) is 9.50. The van der Waals surface area contributed by atoms with E-state index < -0.39 is 16.0 Å². The molecule has 2 heterocycles. The van der Waals surface area contributed by atoms with Gasteiger partial charge in [-0.3, -0.25) is 0 Å². The van der Waals surface area contributed by atoms with Gasteiger partial charge in [0, 0.05) is 23.2 Å². The Kier molecular flexibility index (Phi) is 4.20. The number of rotatable bonds is 4. The van der Waals surface area contributed by atoms with Gasteiger partial charge in [0.2, 0.25) is 10.0 Å². The van der Waals surface area contributed by atoms with E-state index in [0.717, 1.165) is 17.5 Å². The summed E-state index contributed by atoms with van der Waals surface area (Å²) in [5.41, 5.74) is 0. The molecule has 0 amide bonds. The first-order chi connectivity index (χ1) is 10.6. The highest BCUT2D eigenvalue weighted by molar-refractivity contribution is 7.89. The quantitative estimate of drug-likeness (QED) is 0.804. The standard InChI is InChI=1S/C15H17NO4S2/c1-2-20-15(17)13-14(11-7-3-4-8-12(11)21-13)22(18,19)16-9-5-6-10-16/h3-4,7-8H,2,5-6,9-10H2,1H3. The van der Waals surface area contributed by atoms with Gasteiger partial charge in [0.05, 0.1) is 6.61 Å². The molecule has 3 rings (SSSR count). The molecule has 1 fully saturated rings. The fourth-order valence-corrected chi connectivity index (χ4v) is 5.93. The summed E-state index contributed by atoms with van der Waals surface area (Å²) in [7, 11) is -3.67. The van der Waals surface area contributed by atoms with Crippen molar-refractivity contribution in [3.8, 4) is 0 Å². The van der Waals surface area contributed by atoms with Crippen molar-refractivity contribution in [1.29, 1.82) is 0 Å². The van der Waals surface area contributed by atoms with Gasteiger partial charge in [0.15, 0.2) is 0 Å². The second-order valence-corrected chi connectivity index (χ2v) is 8.02. The maximum absolute atomic E-state index is 13.0. The van der Waals surface area contributed by atoms with Crippen LogP contribution in [0.3, 0.4) is 0 Å². The van der Waals surface area contributed by atoms with Gasteiger partial charge in [-0.15, -0.1) is 11.3 Å². The molecule has 22 heavy (non-hydrogen) atoms. The predicted octanol–water partition coefficient (Wildman–Crippen LogP) is 2.86. The Morgan fingerprint density at radius 1 is 1.27 bits per heavy atom. The van der Waals surface area contributed by atoms with E-state index >= 15 is 0 Å². The molecule has 0 unspecified atom stereocenters. The molecule has 2 aromatic rings. The number of carbonyl (C=O) groups excluding carboxylic acids is 1. The lowest BCUT2D eigenvalue weighted by molar-refractivity contribution is 0.0528. The fraction of sp³-hybridized carbons (Fsp3) is 0.400. The van der Waals surface area contributed by atoms with Crippen molar-refractivity contribution >= 4 is 37.4 Å². The molecule has 5 nitrogen and oxygen atoms in total. The van der Waals surface area contributed by atoms with E-state index in [4.69, 9.17) is 4.74 Å². The summed E-state index contributed by atoms with van der Waals surface area (Å²) in [4.78, 5) is 12.5. The lowest BCUT2D eigenvalue weighted by Gasteiger charge is -2.16.